The molecule has 0 bridgehead atoms. The second-order valence-corrected chi connectivity index (χ2v) is 5.86. The standard InChI is InChI=1S/C19H20N4O3S/c1-4-26-16-7-5-6-13(10-16)18-21-22-19(27)23(18)20-12-14-8-9-15(24-2)11-17(14)25-3/h5-12H,4H2,1-3H3,(H,22,27)/b20-12-. The number of nitrogens with one attached hydrogen (secondary N) is 1. The first-order chi connectivity index (χ1) is 13.2. The Morgan fingerprint density at radius 1 is 1.15 bits per heavy atom. The number of hydrogen-bond donors (Lipinski definition) is 1. The zero-order valence-electron chi connectivity index (χ0n) is 15.3. The molecule has 0 amide bonds. The van der Waals surface area contributed by atoms with Crippen LogP contribution in [0.3, 0.4) is 0 Å². The highest BCUT2D eigenvalue weighted by Gasteiger charge is 2.10. The summed E-state index contributed by atoms with van der Waals surface area (Å²) in [4.78, 5) is 0. The van der Waals surface area contributed by atoms with Crippen molar-refractivity contribution in [3.8, 4) is 28.6 Å². The Morgan fingerprint density at radius 2 is 2.00 bits per heavy atom. The summed E-state index contributed by atoms with van der Waals surface area (Å²) in [5, 5.41) is 11.6. The quantitative estimate of drug-likeness (QED) is 0.494. The highest BCUT2D eigenvalue weighted by Crippen LogP contribution is 2.25. The van der Waals surface area contributed by atoms with Gasteiger partial charge in [0.05, 0.1) is 27.0 Å². The van der Waals surface area contributed by atoms with E-state index in [9.17, 15) is 0 Å². The van der Waals surface area contributed by atoms with Gasteiger partial charge in [0.15, 0.2) is 5.82 Å². The summed E-state index contributed by atoms with van der Waals surface area (Å²) in [6.07, 6.45) is 1.67. The number of hydrogen-bond acceptors (Lipinski definition) is 6. The fourth-order valence-electron chi connectivity index (χ4n) is 2.52. The van der Waals surface area contributed by atoms with E-state index in [2.05, 4.69) is 15.3 Å². The highest BCUT2D eigenvalue weighted by molar-refractivity contribution is 7.71. The number of aromatic amines is 1. The summed E-state index contributed by atoms with van der Waals surface area (Å²) in [5.41, 5.74) is 1.63. The predicted molar refractivity (Wildman–Crippen MR) is 107 cm³/mol. The molecule has 140 valence electrons. The summed E-state index contributed by atoms with van der Waals surface area (Å²) in [5.74, 6) is 2.70. The molecule has 8 heteroatoms. The lowest BCUT2D eigenvalue weighted by molar-refractivity contribution is 0.340. The number of ether oxygens (including phenoxy) is 3. The summed E-state index contributed by atoms with van der Waals surface area (Å²) in [7, 11) is 3.20. The molecule has 0 aliphatic heterocycles. The van der Waals surface area contributed by atoms with Crippen LogP contribution in [0.4, 0.5) is 0 Å². The van der Waals surface area contributed by atoms with E-state index >= 15 is 0 Å². The van der Waals surface area contributed by atoms with Crippen molar-refractivity contribution in [1.29, 1.82) is 0 Å². The van der Waals surface area contributed by atoms with Crippen LogP contribution in [0.2, 0.25) is 0 Å². The Labute approximate surface area is 162 Å². The van der Waals surface area contributed by atoms with Crippen molar-refractivity contribution in [1.82, 2.24) is 14.9 Å². The number of rotatable bonds is 7. The molecule has 2 aromatic carbocycles. The van der Waals surface area contributed by atoms with Crippen molar-refractivity contribution in [3.63, 3.8) is 0 Å². The average Bonchev–Trinajstić information content (AvgIpc) is 3.07. The highest BCUT2D eigenvalue weighted by atomic mass is 32.1. The van der Waals surface area contributed by atoms with E-state index in [0.29, 0.717) is 28.7 Å². The second-order valence-electron chi connectivity index (χ2n) is 5.48. The Balaban J connectivity index is 1.97. The largest absolute Gasteiger partial charge is 0.497 e. The molecule has 0 radical (unpaired) electrons. The van der Waals surface area contributed by atoms with Crippen LogP contribution in [0.15, 0.2) is 47.6 Å². The van der Waals surface area contributed by atoms with Crippen molar-refractivity contribution < 1.29 is 14.2 Å². The molecule has 0 unspecified atom stereocenters. The zero-order valence-corrected chi connectivity index (χ0v) is 16.1. The van der Waals surface area contributed by atoms with Gasteiger partial charge in [0.2, 0.25) is 4.77 Å². The van der Waals surface area contributed by atoms with Crippen LogP contribution < -0.4 is 14.2 Å². The van der Waals surface area contributed by atoms with Gasteiger partial charge in [-0.25, -0.2) is 5.10 Å². The molecule has 0 atom stereocenters. The fourth-order valence-corrected chi connectivity index (χ4v) is 2.70. The maximum Gasteiger partial charge on any atom is 0.216 e. The topological polar surface area (TPSA) is 73.7 Å². The lowest BCUT2D eigenvalue weighted by Gasteiger charge is -2.07. The fraction of sp³-hybridized carbons (Fsp3) is 0.211. The monoisotopic (exact) mass is 384 g/mol. The van der Waals surface area contributed by atoms with Gasteiger partial charge in [-0.3, -0.25) is 0 Å². The van der Waals surface area contributed by atoms with Crippen molar-refractivity contribution in [2.24, 2.45) is 5.10 Å². The Morgan fingerprint density at radius 3 is 2.74 bits per heavy atom. The minimum Gasteiger partial charge on any atom is -0.497 e. The minimum absolute atomic E-state index is 0.385. The van der Waals surface area contributed by atoms with Crippen LogP contribution in [0.5, 0.6) is 17.2 Å². The van der Waals surface area contributed by atoms with E-state index in [-0.39, 0.29) is 0 Å². The molecule has 0 fully saturated rings. The normalized spacial score (nSPS) is 10.9. The lowest BCUT2D eigenvalue weighted by atomic mass is 10.2. The van der Waals surface area contributed by atoms with Gasteiger partial charge < -0.3 is 14.2 Å². The van der Waals surface area contributed by atoms with Gasteiger partial charge in [-0.05, 0) is 43.4 Å². The van der Waals surface area contributed by atoms with Gasteiger partial charge in [0.25, 0.3) is 0 Å². The molecule has 0 aliphatic rings. The third-order valence-electron chi connectivity index (χ3n) is 3.81. The summed E-state index contributed by atoms with van der Waals surface area (Å²) >= 11 is 5.32. The lowest BCUT2D eigenvalue weighted by Crippen LogP contribution is -1.98. The average molecular weight is 384 g/mol. The van der Waals surface area contributed by atoms with Crippen molar-refractivity contribution in [2.45, 2.75) is 6.92 Å². The molecule has 7 nitrogen and oxygen atoms in total. The third-order valence-corrected chi connectivity index (χ3v) is 4.07. The van der Waals surface area contributed by atoms with Crippen molar-refractivity contribution in [2.75, 3.05) is 20.8 Å². The van der Waals surface area contributed by atoms with Crippen LogP contribution in [-0.4, -0.2) is 41.9 Å². The molecule has 1 heterocycles. The number of H-pyrrole nitrogens is 1. The molecule has 1 N–H and O–H groups in total. The van der Waals surface area contributed by atoms with Crippen LogP contribution in [0.25, 0.3) is 11.4 Å². The molecule has 0 saturated carbocycles. The van der Waals surface area contributed by atoms with Gasteiger partial charge in [-0.15, -0.1) is 0 Å². The van der Waals surface area contributed by atoms with Gasteiger partial charge in [-0.1, -0.05) is 12.1 Å². The Kier molecular flexibility index (Phi) is 5.87. The van der Waals surface area contributed by atoms with Crippen molar-refractivity contribution >= 4 is 18.4 Å². The summed E-state index contributed by atoms with van der Waals surface area (Å²) in [6.45, 7) is 2.53. The summed E-state index contributed by atoms with van der Waals surface area (Å²) in [6, 6.07) is 13.1. The maximum atomic E-state index is 5.56. The molecule has 27 heavy (non-hydrogen) atoms. The van der Waals surface area contributed by atoms with E-state index in [1.54, 1.807) is 31.2 Å². The van der Waals surface area contributed by atoms with E-state index in [4.69, 9.17) is 26.4 Å². The molecular formula is C19H20N4O3S. The number of benzene rings is 2. The van der Waals surface area contributed by atoms with Crippen LogP contribution in [0, 0.1) is 4.77 Å². The number of aromatic nitrogens is 3. The van der Waals surface area contributed by atoms with Gasteiger partial charge in [0.1, 0.15) is 17.2 Å². The second kappa shape index (κ2) is 8.50. The summed E-state index contributed by atoms with van der Waals surface area (Å²) < 4.78 is 18.1. The molecular weight excluding hydrogens is 364 g/mol. The first-order valence-electron chi connectivity index (χ1n) is 8.33. The number of nitrogens with zero attached hydrogens (tertiary/aromatic N) is 3. The van der Waals surface area contributed by atoms with E-state index in [1.165, 1.54) is 0 Å². The maximum absolute atomic E-state index is 5.56. The Bertz CT molecular complexity index is 1010. The smallest absolute Gasteiger partial charge is 0.216 e. The molecule has 3 aromatic rings. The Hall–Kier alpha value is -3.13. The van der Waals surface area contributed by atoms with Gasteiger partial charge >= 0.3 is 0 Å². The molecule has 3 rings (SSSR count). The van der Waals surface area contributed by atoms with Crippen LogP contribution >= 0.6 is 12.2 Å². The van der Waals surface area contributed by atoms with E-state index in [1.807, 2.05) is 43.3 Å². The third kappa shape index (κ3) is 4.17. The van der Waals surface area contributed by atoms with E-state index in [0.717, 1.165) is 16.9 Å². The van der Waals surface area contributed by atoms with Crippen LogP contribution in [-0.2, 0) is 0 Å². The van der Waals surface area contributed by atoms with Gasteiger partial charge in [-0.2, -0.15) is 14.9 Å². The van der Waals surface area contributed by atoms with Gasteiger partial charge in [0, 0.05) is 17.2 Å². The molecule has 1 aromatic heterocycles. The minimum atomic E-state index is 0.385. The van der Waals surface area contributed by atoms with Crippen molar-refractivity contribution in [3.05, 3.63) is 52.8 Å². The molecule has 0 saturated heterocycles. The SMILES string of the molecule is CCOc1cccc(-c2n[nH]c(=S)n2/N=C\c2ccc(OC)cc2OC)c1. The predicted octanol–water partition coefficient (Wildman–Crippen LogP) is 3.91. The first kappa shape index (κ1) is 18.7. The van der Waals surface area contributed by atoms with E-state index < -0.39 is 0 Å². The van der Waals surface area contributed by atoms with Crippen LogP contribution in [0.1, 0.15) is 12.5 Å². The molecule has 0 spiro atoms. The molecule has 0 aliphatic carbocycles. The zero-order chi connectivity index (χ0) is 19.2. The number of methoxy groups -OCH3 is 2. The first-order valence-corrected chi connectivity index (χ1v) is 8.74.